The van der Waals surface area contributed by atoms with E-state index in [1.807, 2.05) is 35.8 Å². The van der Waals surface area contributed by atoms with Crippen LogP contribution in [-0.4, -0.2) is 33.8 Å². The van der Waals surface area contributed by atoms with Crippen molar-refractivity contribution < 1.29 is 0 Å². The van der Waals surface area contributed by atoms with Crippen LogP contribution in [0.1, 0.15) is 42.8 Å². The van der Waals surface area contributed by atoms with Crippen LogP contribution in [-0.2, 0) is 6.54 Å². The van der Waals surface area contributed by atoms with Crippen molar-refractivity contribution in [3.05, 3.63) is 58.7 Å². The molecule has 2 aromatic heterocycles. The summed E-state index contributed by atoms with van der Waals surface area (Å²) >= 11 is 1.56. The minimum atomic E-state index is 0. The van der Waals surface area contributed by atoms with Gasteiger partial charge in [0, 0.05) is 23.5 Å². The first kappa shape index (κ1) is 21.6. The van der Waals surface area contributed by atoms with Gasteiger partial charge in [-0.2, -0.15) is 0 Å². The molecule has 29 heavy (non-hydrogen) atoms. The van der Waals surface area contributed by atoms with Gasteiger partial charge in [0.2, 0.25) is 0 Å². The lowest BCUT2D eigenvalue weighted by Crippen LogP contribution is -2.33. The Balaban J connectivity index is 0.00000240. The second-order valence-corrected chi connectivity index (χ2v) is 8.44. The van der Waals surface area contributed by atoms with Crippen LogP contribution in [0, 0.1) is 5.41 Å². The average Bonchev–Trinajstić information content (AvgIpc) is 3.42. The number of imidazole rings is 1. The van der Waals surface area contributed by atoms with Gasteiger partial charge in [0.15, 0.2) is 0 Å². The fraction of sp³-hybridized carbons (Fsp3) is 0.364. The quantitative estimate of drug-likeness (QED) is 0.344. The van der Waals surface area contributed by atoms with E-state index < -0.39 is 0 Å². The number of benzene rings is 1. The summed E-state index contributed by atoms with van der Waals surface area (Å²) in [7, 11) is 2.21. The van der Waals surface area contributed by atoms with Crippen LogP contribution >= 0.6 is 23.7 Å². The predicted molar refractivity (Wildman–Crippen MR) is 124 cm³/mol. The topological polar surface area (TPSA) is 67.8 Å². The standard InChI is InChI=1S/C22H27N5S.ClH/c1-27(18-6-3-2-4-7-18)15-21-24-14-19(26-21)16-9-11-17(12-10-16)25-22(23)20-8-5-13-28-20;/h5,8-14,18H,2-4,6-7,15H2,1H3,(H2,23,25)(H,24,26);1H. The lowest BCUT2D eigenvalue weighted by Gasteiger charge is -2.30. The number of hydrogen-bond donors (Lipinski definition) is 3. The monoisotopic (exact) mass is 429 g/mol. The molecule has 0 aliphatic heterocycles. The fourth-order valence-corrected chi connectivity index (χ4v) is 4.46. The molecule has 154 valence electrons. The summed E-state index contributed by atoms with van der Waals surface area (Å²) in [4.78, 5) is 11.5. The molecule has 1 saturated carbocycles. The molecule has 5 nitrogen and oxygen atoms in total. The summed E-state index contributed by atoms with van der Waals surface area (Å²) in [6.45, 7) is 0.863. The second-order valence-electron chi connectivity index (χ2n) is 7.49. The van der Waals surface area contributed by atoms with E-state index >= 15 is 0 Å². The molecule has 1 fully saturated rings. The molecule has 4 rings (SSSR count). The number of aromatic amines is 1. The number of thiophene rings is 1. The number of rotatable bonds is 6. The Bertz CT molecular complexity index is 898. The number of nitrogens with zero attached hydrogens (tertiary/aromatic N) is 2. The first-order valence-electron chi connectivity index (χ1n) is 9.93. The summed E-state index contributed by atoms with van der Waals surface area (Å²) in [6.07, 6.45) is 8.68. The Hall–Kier alpha value is -2.15. The molecule has 1 aliphatic carbocycles. The van der Waals surface area contributed by atoms with E-state index in [4.69, 9.17) is 10.4 Å². The molecule has 3 N–H and O–H groups in total. The Labute approximate surface area is 182 Å². The minimum absolute atomic E-state index is 0. The molecule has 0 amide bonds. The molecule has 0 saturated heterocycles. The van der Waals surface area contributed by atoms with Gasteiger partial charge in [0.1, 0.15) is 11.7 Å². The van der Waals surface area contributed by atoms with Crippen molar-refractivity contribution in [3.8, 4) is 11.3 Å². The zero-order valence-corrected chi connectivity index (χ0v) is 18.3. The Morgan fingerprint density at radius 3 is 2.66 bits per heavy atom. The predicted octanol–water partition coefficient (Wildman–Crippen LogP) is 5.76. The third-order valence-electron chi connectivity index (χ3n) is 5.45. The van der Waals surface area contributed by atoms with Crippen LogP contribution < -0.4 is 5.32 Å². The number of halogens is 1. The van der Waals surface area contributed by atoms with Gasteiger partial charge in [-0.15, -0.1) is 23.7 Å². The van der Waals surface area contributed by atoms with E-state index in [1.165, 1.54) is 32.1 Å². The number of anilines is 1. The van der Waals surface area contributed by atoms with Gasteiger partial charge in [0.25, 0.3) is 0 Å². The summed E-state index contributed by atoms with van der Waals surface area (Å²) in [5.41, 5.74) is 2.96. The van der Waals surface area contributed by atoms with Crippen LogP contribution in [0.5, 0.6) is 0 Å². The molecular weight excluding hydrogens is 402 g/mol. The van der Waals surface area contributed by atoms with Gasteiger partial charge < -0.3 is 10.3 Å². The van der Waals surface area contributed by atoms with Crippen molar-refractivity contribution in [2.24, 2.45) is 0 Å². The van der Waals surface area contributed by atoms with Gasteiger partial charge in [-0.25, -0.2) is 4.98 Å². The number of hydrogen-bond acceptors (Lipinski definition) is 4. The van der Waals surface area contributed by atoms with Gasteiger partial charge >= 0.3 is 0 Å². The number of amidine groups is 1. The van der Waals surface area contributed by atoms with Gasteiger partial charge in [-0.05, 0) is 43.5 Å². The molecule has 3 aromatic rings. The maximum atomic E-state index is 8.13. The lowest BCUT2D eigenvalue weighted by molar-refractivity contribution is 0.181. The highest BCUT2D eigenvalue weighted by Gasteiger charge is 2.19. The maximum absolute atomic E-state index is 8.13. The van der Waals surface area contributed by atoms with Crippen LogP contribution in [0.25, 0.3) is 11.3 Å². The first-order valence-corrected chi connectivity index (χ1v) is 10.8. The largest absolute Gasteiger partial charge is 0.347 e. The van der Waals surface area contributed by atoms with Crippen molar-refractivity contribution in [1.29, 1.82) is 5.41 Å². The normalized spacial score (nSPS) is 14.6. The maximum Gasteiger partial charge on any atom is 0.140 e. The van der Waals surface area contributed by atoms with Crippen LogP contribution in [0.2, 0.25) is 0 Å². The zero-order chi connectivity index (χ0) is 19.3. The van der Waals surface area contributed by atoms with E-state index in [0.717, 1.165) is 34.2 Å². The summed E-state index contributed by atoms with van der Waals surface area (Å²) < 4.78 is 0. The Morgan fingerprint density at radius 2 is 1.97 bits per heavy atom. The van der Waals surface area contributed by atoms with Crippen molar-refractivity contribution in [3.63, 3.8) is 0 Å². The van der Waals surface area contributed by atoms with Gasteiger partial charge in [-0.3, -0.25) is 10.3 Å². The first-order chi connectivity index (χ1) is 13.7. The highest BCUT2D eigenvalue weighted by molar-refractivity contribution is 7.12. The molecule has 0 unspecified atom stereocenters. The van der Waals surface area contributed by atoms with Crippen molar-refractivity contribution in [2.45, 2.75) is 44.7 Å². The summed E-state index contributed by atoms with van der Waals surface area (Å²) in [6, 6.07) is 12.7. The molecule has 0 spiro atoms. The Kier molecular flexibility index (Phi) is 7.47. The zero-order valence-electron chi connectivity index (χ0n) is 16.6. The van der Waals surface area contributed by atoms with E-state index in [1.54, 1.807) is 11.3 Å². The van der Waals surface area contributed by atoms with E-state index in [9.17, 15) is 0 Å². The molecule has 0 radical (unpaired) electrons. The van der Waals surface area contributed by atoms with Crippen molar-refractivity contribution in [2.75, 3.05) is 12.4 Å². The minimum Gasteiger partial charge on any atom is -0.347 e. The smallest absolute Gasteiger partial charge is 0.140 e. The highest BCUT2D eigenvalue weighted by Crippen LogP contribution is 2.24. The number of H-pyrrole nitrogens is 1. The molecule has 0 atom stereocenters. The lowest BCUT2D eigenvalue weighted by atomic mass is 9.94. The molecule has 7 heteroatoms. The van der Waals surface area contributed by atoms with Crippen LogP contribution in [0.4, 0.5) is 5.69 Å². The molecule has 0 bridgehead atoms. The Morgan fingerprint density at radius 1 is 1.21 bits per heavy atom. The van der Waals surface area contributed by atoms with E-state index in [2.05, 4.69) is 34.4 Å². The summed E-state index contributed by atoms with van der Waals surface area (Å²) in [5.74, 6) is 1.44. The van der Waals surface area contributed by atoms with Crippen molar-refractivity contribution in [1.82, 2.24) is 14.9 Å². The number of nitrogens with one attached hydrogen (secondary N) is 3. The van der Waals surface area contributed by atoms with Crippen LogP contribution in [0.15, 0.2) is 48.0 Å². The molecule has 1 aliphatic rings. The van der Waals surface area contributed by atoms with E-state index in [-0.39, 0.29) is 12.4 Å². The highest BCUT2D eigenvalue weighted by atomic mass is 35.5. The van der Waals surface area contributed by atoms with Gasteiger partial charge in [-0.1, -0.05) is 37.5 Å². The van der Waals surface area contributed by atoms with Gasteiger partial charge in [0.05, 0.1) is 17.1 Å². The van der Waals surface area contributed by atoms with Crippen LogP contribution in [0.3, 0.4) is 0 Å². The summed E-state index contributed by atoms with van der Waals surface area (Å²) in [5, 5.41) is 13.3. The fourth-order valence-electron chi connectivity index (χ4n) is 3.83. The number of aromatic nitrogens is 2. The third kappa shape index (κ3) is 5.47. The SMILES string of the molecule is CN(Cc1nc(-c2ccc(NC(=N)c3cccs3)cc2)c[nH]1)C1CCCCC1.Cl. The molecule has 2 heterocycles. The molecule has 1 aromatic carbocycles. The van der Waals surface area contributed by atoms with E-state index in [0.29, 0.717) is 11.9 Å². The average molecular weight is 430 g/mol. The van der Waals surface area contributed by atoms with Crippen molar-refractivity contribution >= 4 is 35.3 Å². The third-order valence-corrected chi connectivity index (χ3v) is 6.33. The second kappa shape index (κ2) is 10.1. The molecular formula is C22H28ClN5S.